The number of nitriles is 1. The van der Waals surface area contributed by atoms with Crippen LogP contribution in [-0.2, 0) is 37.1 Å². The van der Waals surface area contributed by atoms with Crippen LogP contribution in [0.1, 0.15) is 34.9 Å². The minimum atomic E-state index is -3.72. The zero-order chi connectivity index (χ0) is 25.2. The minimum Gasteiger partial charge on any atom is -0.466 e. The van der Waals surface area contributed by atoms with E-state index >= 15 is 0 Å². The first kappa shape index (κ1) is 25.2. The Morgan fingerprint density at radius 1 is 1.23 bits per heavy atom. The van der Waals surface area contributed by atoms with Crippen molar-refractivity contribution >= 4 is 33.1 Å². The molecule has 8 nitrogen and oxygen atoms in total. The van der Waals surface area contributed by atoms with Gasteiger partial charge in [0, 0.05) is 25.0 Å². The van der Waals surface area contributed by atoms with Crippen LogP contribution in [0.25, 0.3) is 5.52 Å². The van der Waals surface area contributed by atoms with Gasteiger partial charge in [-0.15, -0.1) is 0 Å². The van der Waals surface area contributed by atoms with Crippen molar-refractivity contribution in [2.75, 3.05) is 32.9 Å². The van der Waals surface area contributed by atoms with Gasteiger partial charge in [-0.05, 0) is 61.2 Å². The average molecular weight is 516 g/mol. The quantitative estimate of drug-likeness (QED) is 0.446. The fourth-order valence-electron chi connectivity index (χ4n) is 4.37. The highest BCUT2D eigenvalue weighted by atomic mass is 35.5. The first-order valence-electron chi connectivity index (χ1n) is 11.3. The number of carbonyl (C=O) groups excluding carboxylic acids is 1. The molecule has 2 aromatic heterocycles. The number of esters is 1. The van der Waals surface area contributed by atoms with E-state index in [0.29, 0.717) is 44.9 Å². The molecule has 1 saturated heterocycles. The Labute approximate surface area is 209 Å². The van der Waals surface area contributed by atoms with Crippen LogP contribution in [0.4, 0.5) is 0 Å². The molecule has 0 amide bonds. The number of pyridine rings is 1. The van der Waals surface area contributed by atoms with Gasteiger partial charge < -0.3 is 13.9 Å². The molecule has 0 spiro atoms. The molecular formula is C25H26ClN3O5S. The van der Waals surface area contributed by atoms with E-state index in [4.69, 9.17) is 21.1 Å². The van der Waals surface area contributed by atoms with E-state index in [-0.39, 0.29) is 22.3 Å². The van der Waals surface area contributed by atoms with Crippen LogP contribution in [0.5, 0.6) is 0 Å². The van der Waals surface area contributed by atoms with Gasteiger partial charge in [-0.2, -0.15) is 9.57 Å². The van der Waals surface area contributed by atoms with Crippen LogP contribution < -0.4 is 0 Å². The van der Waals surface area contributed by atoms with Crippen LogP contribution in [-0.4, -0.2) is 56.0 Å². The third kappa shape index (κ3) is 5.07. The predicted octanol–water partition coefficient (Wildman–Crippen LogP) is 3.49. The Kier molecular flexibility index (Phi) is 7.47. The lowest BCUT2D eigenvalue weighted by molar-refractivity contribution is -0.142. The van der Waals surface area contributed by atoms with Crippen LogP contribution >= 0.6 is 11.6 Å². The van der Waals surface area contributed by atoms with Gasteiger partial charge in [0.1, 0.15) is 4.90 Å². The first-order valence-corrected chi connectivity index (χ1v) is 13.1. The van der Waals surface area contributed by atoms with Crippen molar-refractivity contribution in [1.29, 1.82) is 5.26 Å². The number of ether oxygens (including phenoxy) is 2. The number of aromatic nitrogens is 1. The van der Waals surface area contributed by atoms with Gasteiger partial charge in [-0.1, -0.05) is 17.7 Å². The summed E-state index contributed by atoms with van der Waals surface area (Å²) >= 11 is 6.47. The molecule has 1 aromatic carbocycles. The van der Waals surface area contributed by atoms with E-state index in [2.05, 4.69) is 6.07 Å². The zero-order valence-corrected chi connectivity index (χ0v) is 21.2. The number of sulfonamides is 1. The topological polar surface area (TPSA) is 101 Å². The molecule has 0 unspecified atom stereocenters. The normalized spacial score (nSPS) is 14.7. The molecule has 184 valence electrons. The van der Waals surface area contributed by atoms with Crippen LogP contribution in [0.2, 0.25) is 5.02 Å². The highest BCUT2D eigenvalue weighted by Crippen LogP contribution is 2.31. The van der Waals surface area contributed by atoms with Gasteiger partial charge in [0.05, 0.1) is 48.4 Å². The van der Waals surface area contributed by atoms with Crippen molar-refractivity contribution in [3.8, 4) is 6.07 Å². The third-order valence-corrected chi connectivity index (χ3v) is 8.53. The van der Waals surface area contributed by atoms with E-state index < -0.39 is 10.0 Å². The number of halogens is 1. The summed E-state index contributed by atoms with van der Waals surface area (Å²) in [6.07, 6.45) is 2.33. The van der Waals surface area contributed by atoms with Crippen molar-refractivity contribution < 1.29 is 22.7 Å². The largest absolute Gasteiger partial charge is 0.466 e. The maximum atomic E-state index is 13.0. The van der Waals surface area contributed by atoms with Crippen molar-refractivity contribution in [1.82, 2.24) is 8.71 Å². The standard InChI is InChI=1S/C25H26ClN3O5S/c1-3-34-25(30)15-22-17(2)20(23-14-19(16-27)6-7-29(22)23)12-18-4-5-24(21(26)13-18)35(31,32)28-8-10-33-11-9-28/h4-7,13-14H,3,8-12,15H2,1-2H3. The van der Waals surface area contributed by atoms with E-state index in [1.165, 1.54) is 10.4 Å². The second-order valence-electron chi connectivity index (χ2n) is 8.27. The lowest BCUT2D eigenvalue weighted by atomic mass is 10.0. The number of carbonyl (C=O) groups is 1. The maximum absolute atomic E-state index is 13.0. The second kappa shape index (κ2) is 10.4. The Bertz CT molecular complexity index is 1420. The van der Waals surface area contributed by atoms with Gasteiger partial charge >= 0.3 is 5.97 Å². The predicted molar refractivity (Wildman–Crippen MR) is 131 cm³/mol. The lowest BCUT2D eigenvalue weighted by Gasteiger charge is -2.26. The highest BCUT2D eigenvalue weighted by Gasteiger charge is 2.28. The molecular weight excluding hydrogens is 490 g/mol. The smallest absolute Gasteiger partial charge is 0.311 e. The summed E-state index contributed by atoms with van der Waals surface area (Å²) in [6.45, 7) is 5.29. The zero-order valence-electron chi connectivity index (χ0n) is 19.6. The molecule has 35 heavy (non-hydrogen) atoms. The maximum Gasteiger partial charge on any atom is 0.311 e. The molecule has 0 atom stereocenters. The summed E-state index contributed by atoms with van der Waals surface area (Å²) < 4.78 is 39.8. The van der Waals surface area contributed by atoms with E-state index in [1.54, 1.807) is 37.4 Å². The Balaban J connectivity index is 1.71. The van der Waals surface area contributed by atoms with Gasteiger partial charge in [-0.3, -0.25) is 4.79 Å². The Morgan fingerprint density at radius 3 is 2.63 bits per heavy atom. The molecule has 4 rings (SSSR count). The average Bonchev–Trinajstić information content (AvgIpc) is 3.09. The molecule has 3 aromatic rings. The number of rotatable bonds is 7. The van der Waals surface area contributed by atoms with E-state index in [1.807, 2.05) is 11.3 Å². The minimum absolute atomic E-state index is 0.0676. The number of hydrogen-bond acceptors (Lipinski definition) is 6. The molecule has 0 radical (unpaired) electrons. The first-order chi connectivity index (χ1) is 16.8. The van der Waals surface area contributed by atoms with Crippen LogP contribution in [0.3, 0.4) is 0 Å². The molecule has 1 aliphatic rings. The number of hydrogen-bond donors (Lipinski definition) is 0. The summed E-state index contributed by atoms with van der Waals surface area (Å²) in [4.78, 5) is 12.3. The van der Waals surface area contributed by atoms with Crippen molar-refractivity contribution in [2.24, 2.45) is 0 Å². The highest BCUT2D eigenvalue weighted by molar-refractivity contribution is 7.89. The molecule has 0 N–H and O–H groups in total. The summed E-state index contributed by atoms with van der Waals surface area (Å²) in [5.41, 5.74) is 4.76. The summed E-state index contributed by atoms with van der Waals surface area (Å²) in [6, 6.07) is 10.6. The monoisotopic (exact) mass is 515 g/mol. The Morgan fingerprint density at radius 2 is 1.97 bits per heavy atom. The Hall–Kier alpha value is -2.90. The lowest BCUT2D eigenvalue weighted by Crippen LogP contribution is -2.40. The SMILES string of the molecule is CCOC(=O)Cc1c(C)c(Cc2ccc(S(=O)(=O)N3CCOCC3)c(Cl)c2)c2cc(C#N)ccn12. The molecule has 0 aliphatic carbocycles. The molecule has 1 fully saturated rings. The fraction of sp³-hybridized carbons (Fsp3) is 0.360. The molecule has 3 heterocycles. The summed E-state index contributed by atoms with van der Waals surface area (Å²) in [5.74, 6) is -0.327. The van der Waals surface area contributed by atoms with Crippen molar-refractivity contribution in [3.63, 3.8) is 0 Å². The number of morpholine rings is 1. The third-order valence-electron chi connectivity index (χ3n) is 6.15. The van der Waals surface area contributed by atoms with Crippen LogP contribution in [0.15, 0.2) is 41.4 Å². The van der Waals surface area contributed by atoms with Gasteiger partial charge in [-0.25, -0.2) is 8.42 Å². The number of nitrogens with zero attached hydrogens (tertiary/aromatic N) is 3. The summed E-state index contributed by atoms with van der Waals surface area (Å²) in [5, 5.41) is 9.55. The van der Waals surface area contributed by atoms with Crippen molar-refractivity contribution in [3.05, 3.63) is 69.5 Å². The van der Waals surface area contributed by atoms with Gasteiger partial charge in [0.2, 0.25) is 10.0 Å². The summed E-state index contributed by atoms with van der Waals surface area (Å²) in [7, 11) is -3.72. The second-order valence-corrected chi connectivity index (χ2v) is 10.6. The van der Waals surface area contributed by atoms with Gasteiger partial charge in [0.15, 0.2) is 0 Å². The molecule has 0 bridgehead atoms. The van der Waals surface area contributed by atoms with Crippen LogP contribution in [0, 0.1) is 18.3 Å². The molecule has 10 heteroatoms. The fourth-order valence-corrected chi connectivity index (χ4v) is 6.32. The molecule has 1 aliphatic heterocycles. The number of benzene rings is 1. The van der Waals surface area contributed by atoms with Crippen molar-refractivity contribution in [2.45, 2.75) is 31.6 Å². The molecule has 0 saturated carbocycles. The number of fused-ring (bicyclic) bond motifs is 1. The van der Waals surface area contributed by atoms with Gasteiger partial charge in [0.25, 0.3) is 0 Å². The van der Waals surface area contributed by atoms with E-state index in [0.717, 1.165) is 27.9 Å². The van der Waals surface area contributed by atoms with E-state index in [9.17, 15) is 18.5 Å².